The lowest BCUT2D eigenvalue weighted by atomic mass is 10.2. The second-order valence-electron chi connectivity index (χ2n) is 4.39. The molecule has 1 fully saturated rings. The quantitative estimate of drug-likeness (QED) is 0.462. The molecule has 0 radical (unpaired) electrons. The predicted molar refractivity (Wildman–Crippen MR) is 80.9 cm³/mol. The zero-order valence-electron chi connectivity index (χ0n) is 12.8. The summed E-state index contributed by atoms with van der Waals surface area (Å²) in [6, 6.07) is 3.69. The van der Waals surface area contributed by atoms with Crippen molar-refractivity contribution in [1.29, 1.82) is 0 Å². The molecule has 21 heavy (non-hydrogen) atoms. The molecule has 0 aliphatic carbocycles. The minimum atomic E-state index is 0.552. The van der Waals surface area contributed by atoms with Gasteiger partial charge in [-0.1, -0.05) is 0 Å². The van der Waals surface area contributed by atoms with E-state index >= 15 is 0 Å². The average Bonchev–Trinajstić information content (AvgIpc) is 3.05. The number of hydrogen-bond acceptors (Lipinski definition) is 4. The Hall–Kier alpha value is -2.44. The van der Waals surface area contributed by atoms with Crippen molar-refractivity contribution in [2.24, 2.45) is 5.10 Å². The minimum absolute atomic E-state index is 0.552. The fourth-order valence-electron chi connectivity index (χ4n) is 2.09. The molecule has 2 N–H and O–H groups in total. The lowest BCUT2D eigenvalue weighted by Crippen LogP contribution is -2.31. The van der Waals surface area contributed by atoms with Gasteiger partial charge in [0, 0.05) is 5.56 Å². The molecule has 1 heterocycles. The molecule has 2 rings (SSSR count). The molecule has 0 amide bonds. The van der Waals surface area contributed by atoms with Gasteiger partial charge in [0.15, 0.2) is 11.5 Å². The van der Waals surface area contributed by atoms with Crippen LogP contribution in [-0.4, -0.2) is 58.3 Å². The number of rotatable bonds is 5. The third kappa shape index (κ3) is 3.18. The summed E-state index contributed by atoms with van der Waals surface area (Å²) in [5.74, 6) is 2.64. The monoisotopic (exact) mass is 293 g/mol. The van der Waals surface area contributed by atoms with Gasteiger partial charge in [0.25, 0.3) is 0 Å². The molecule has 1 saturated heterocycles. The highest BCUT2D eigenvalue weighted by molar-refractivity contribution is 5.86. The number of hydrogen-bond donors (Lipinski definition) is 2. The maximum Gasteiger partial charge on any atom is 0.369 e. The topological polar surface area (TPSA) is 67.1 Å². The van der Waals surface area contributed by atoms with E-state index in [9.17, 15) is 0 Å². The first-order valence-corrected chi connectivity index (χ1v) is 6.62. The van der Waals surface area contributed by atoms with Crippen LogP contribution in [0.1, 0.15) is 5.56 Å². The number of nitrogens with zero attached hydrogens (tertiary/aromatic N) is 2. The summed E-state index contributed by atoms with van der Waals surface area (Å²) in [6.45, 7) is 1.80. The Bertz CT molecular complexity index is 562. The highest BCUT2D eigenvalue weighted by Crippen LogP contribution is 2.38. The molecule has 114 valence electrons. The van der Waals surface area contributed by atoms with Crippen LogP contribution in [0.5, 0.6) is 17.2 Å². The number of benzene rings is 1. The maximum atomic E-state index is 5.41. The largest absolute Gasteiger partial charge is 0.493 e. The summed E-state index contributed by atoms with van der Waals surface area (Å²) < 4.78 is 17.8. The zero-order valence-corrected chi connectivity index (χ0v) is 12.8. The summed E-state index contributed by atoms with van der Waals surface area (Å²) >= 11 is 0. The summed E-state index contributed by atoms with van der Waals surface area (Å²) in [6.07, 6.45) is 1.72. The molecule has 1 aliphatic rings. The Morgan fingerprint density at radius 2 is 1.71 bits per heavy atom. The van der Waals surface area contributed by atoms with Crippen LogP contribution in [0.4, 0.5) is 0 Å². The lowest BCUT2D eigenvalue weighted by molar-refractivity contribution is -0.505. The summed E-state index contributed by atoms with van der Waals surface area (Å²) in [7, 11) is 6.63. The van der Waals surface area contributed by atoms with Gasteiger partial charge in [-0.2, -0.15) is 0 Å². The van der Waals surface area contributed by atoms with Gasteiger partial charge in [-0.25, -0.2) is 0 Å². The van der Waals surface area contributed by atoms with Crippen LogP contribution in [0, 0.1) is 0 Å². The fraction of sp³-hybridized carbons (Fsp3) is 0.429. The predicted octanol–water partition coefficient (Wildman–Crippen LogP) is 0.237. The van der Waals surface area contributed by atoms with Crippen molar-refractivity contribution >= 4 is 12.2 Å². The van der Waals surface area contributed by atoms with Crippen LogP contribution in [0.3, 0.4) is 0 Å². The van der Waals surface area contributed by atoms with Gasteiger partial charge in [0.1, 0.15) is 0 Å². The van der Waals surface area contributed by atoms with Gasteiger partial charge in [-0.15, -0.1) is 9.79 Å². The first-order chi connectivity index (χ1) is 10.2. The lowest BCUT2D eigenvalue weighted by Gasteiger charge is -2.13. The second-order valence-corrected chi connectivity index (χ2v) is 4.39. The third-order valence-corrected chi connectivity index (χ3v) is 3.14. The first-order valence-electron chi connectivity index (χ1n) is 6.62. The van der Waals surface area contributed by atoms with E-state index in [1.54, 1.807) is 32.2 Å². The Balaban J connectivity index is 2.33. The molecule has 0 aromatic heterocycles. The molecule has 0 saturated carbocycles. The molecule has 0 spiro atoms. The van der Waals surface area contributed by atoms with Crippen molar-refractivity contribution in [3.05, 3.63) is 17.7 Å². The van der Waals surface area contributed by atoms with E-state index in [-0.39, 0.29) is 0 Å². The molecular formula is C14H21N4O3+. The second kappa shape index (κ2) is 6.83. The van der Waals surface area contributed by atoms with E-state index in [2.05, 4.69) is 15.7 Å². The van der Waals surface area contributed by atoms with E-state index in [1.165, 1.54) is 0 Å². The SMILES string of the molecule is COc1ccc(/C=N/[N+](C)=C2NCCN2)c(OC)c1OC. The summed E-state index contributed by atoms with van der Waals surface area (Å²) in [5, 5.41) is 10.8. The van der Waals surface area contributed by atoms with Gasteiger partial charge < -0.3 is 14.2 Å². The fourth-order valence-corrected chi connectivity index (χ4v) is 2.09. The summed E-state index contributed by atoms with van der Waals surface area (Å²) in [5.41, 5.74) is 0.806. The molecule has 0 atom stereocenters. The van der Waals surface area contributed by atoms with E-state index < -0.39 is 0 Å². The zero-order chi connectivity index (χ0) is 15.2. The van der Waals surface area contributed by atoms with Crippen LogP contribution in [0.15, 0.2) is 17.2 Å². The molecule has 1 aliphatic heterocycles. The van der Waals surface area contributed by atoms with Crippen LogP contribution in [-0.2, 0) is 0 Å². The Labute approximate surface area is 124 Å². The Kier molecular flexibility index (Phi) is 4.86. The van der Waals surface area contributed by atoms with Gasteiger partial charge in [0.05, 0.1) is 47.7 Å². The summed E-state index contributed by atoms with van der Waals surface area (Å²) in [4.78, 5) is 0. The van der Waals surface area contributed by atoms with Crippen molar-refractivity contribution in [2.75, 3.05) is 41.5 Å². The van der Waals surface area contributed by atoms with Crippen molar-refractivity contribution in [1.82, 2.24) is 10.6 Å². The van der Waals surface area contributed by atoms with Crippen molar-refractivity contribution < 1.29 is 18.9 Å². The van der Waals surface area contributed by atoms with Gasteiger partial charge in [-0.05, 0) is 12.1 Å². The average molecular weight is 293 g/mol. The van der Waals surface area contributed by atoms with Crippen LogP contribution < -0.4 is 24.8 Å². The molecule has 1 aromatic carbocycles. The van der Waals surface area contributed by atoms with Crippen LogP contribution in [0.2, 0.25) is 0 Å². The van der Waals surface area contributed by atoms with E-state index in [1.807, 2.05) is 19.2 Å². The highest BCUT2D eigenvalue weighted by atomic mass is 16.5. The third-order valence-electron chi connectivity index (χ3n) is 3.14. The minimum Gasteiger partial charge on any atom is -0.493 e. The normalized spacial score (nSPS) is 13.8. The highest BCUT2D eigenvalue weighted by Gasteiger charge is 2.17. The number of ether oxygens (including phenoxy) is 3. The van der Waals surface area contributed by atoms with Crippen molar-refractivity contribution in [3.8, 4) is 17.2 Å². The molecule has 7 heteroatoms. The van der Waals surface area contributed by atoms with Gasteiger partial charge in [-0.3, -0.25) is 10.6 Å². The Morgan fingerprint density at radius 3 is 2.29 bits per heavy atom. The molecular weight excluding hydrogens is 272 g/mol. The van der Waals surface area contributed by atoms with Crippen molar-refractivity contribution in [3.63, 3.8) is 0 Å². The van der Waals surface area contributed by atoms with Gasteiger partial charge in [0.2, 0.25) is 5.75 Å². The van der Waals surface area contributed by atoms with Crippen LogP contribution in [0.25, 0.3) is 0 Å². The standard InChI is InChI=1S/C14H20N4O3/c1-18(14-15-7-8-16-14)17-9-10-5-6-11(19-2)13(21-4)12(10)20-3/h5-6,9H,7-8H2,1-4H3,(H,15,16)/p+1/b17-9+. The number of guanidine groups is 1. The van der Waals surface area contributed by atoms with Crippen LogP contribution >= 0.6 is 0 Å². The first kappa shape index (κ1) is 15.0. The van der Waals surface area contributed by atoms with E-state index in [0.29, 0.717) is 17.2 Å². The number of hydrazone groups is 1. The molecule has 0 unspecified atom stereocenters. The Morgan fingerprint density at radius 1 is 1.05 bits per heavy atom. The smallest absolute Gasteiger partial charge is 0.369 e. The number of nitrogens with one attached hydrogen (secondary N) is 2. The maximum absolute atomic E-state index is 5.41. The van der Waals surface area contributed by atoms with E-state index in [0.717, 1.165) is 24.6 Å². The van der Waals surface area contributed by atoms with E-state index in [4.69, 9.17) is 14.2 Å². The molecule has 1 aromatic rings. The van der Waals surface area contributed by atoms with Crippen molar-refractivity contribution in [2.45, 2.75) is 0 Å². The molecule has 7 nitrogen and oxygen atoms in total. The number of methoxy groups -OCH3 is 3. The molecule has 0 bridgehead atoms. The van der Waals surface area contributed by atoms with Gasteiger partial charge >= 0.3 is 5.96 Å².